The third-order valence-corrected chi connectivity index (χ3v) is 3.61. The van der Waals surface area contributed by atoms with Crippen molar-refractivity contribution in [2.24, 2.45) is 5.73 Å². The maximum atomic E-state index is 11.9. The predicted molar refractivity (Wildman–Crippen MR) is 68.3 cm³/mol. The molecule has 1 unspecified atom stereocenters. The first-order valence-electron chi connectivity index (χ1n) is 6.28. The lowest BCUT2D eigenvalue weighted by atomic mass is 10.3. The second-order valence-electron chi connectivity index (χ2n) is 4.93. The Morgan fingerprint density at radius 3 is 2.72 bits per heavy atom. The zero-order valence-corrected chi connectivity index (χ0v) is 10.9. The monoisotopic (exact) mass is 252 g/mol. The summed E-state index contributed by atoms with van der Waals surface area (Å²) in [4.78, 5) is 28.1. The van der Waals surface area contributed by atoms with Crippen molar-refractivity contribution in [2.75, 3.05) is 13.1 Å². The maximum Gasteiger partial charge on any atom is 0.325 e. The lowest BCUT2D eigenvalue weighted by molar-refractivity contribution is -0.130. The van der Waals surface area contributed by atoms with Crippen LogP contribution in [-0.4, -0.2) is 39.5 Å². The van der Waals surface area contributed by atoms with Crippen molar-refractivity contribution in [3.8, 4) is 0 Å². The van der Waals surface area contributed by atoms with Crippen LogP contribution in [0.4, 0.5) is 0 Å². The van der Waals surface area contributed by atoms with E-state index in [0.29, 0.717) is 19.5 Å². The molecule has 0 radical (unpaired) electrons. The van der Waals surface area contributed by atoms with Crippen LogP contribution >= 0.6 is 0 Å². The molecule has 1 amide bonds. The van der Waals surface area contributed by atoms with Gasteiger partial charge in [-0.1, -0.05) is 0 Å². The highest BCUT2D eigenvalue weighted by atomic mass is 16.2. The molecule has 3 N–H and O–H groups in total. The van der Waals surface area contributed by atoms with E-state index in [2.05, 4.69) is 4.98 Å². The fourth-order valence-corrected chi connectivity index (χ4v) is 2.32. The molecule has 1 aliphatic heterocycles. The van der Waals surface area contributed by atoms with E-state index < -0.39 is 0 Å². The van der Waals surface area contributed by atoms with Crippen molar-refractivity contribution < 1.29 is 4.79 Å². The van der Waals surface area contributed by atoms with E-state index in [-0.39, 0.29) is 17.6 Å². The zero-order chi connectivity index (χ0) is 13.3. The molecule has 6 nitrogen and oxygen atoms in total. The number of hydrogen-bond acceptors (Lipinski definition) is 3. The number of imidazole rings is 1. The van der Waals surface area contributed by atoms with Crippen LogP contribution in [0.2, 0.25) is 0 Å². The standard InChI is InChI=1S/C12H20N4O2/c1-8-9(2)16(12(18)14-8)6-4-11(17)15-5-3-10(13)7-15/h10H,3-7,13H2,1-2H3,(H,14,18). The smallest absolute Gasteiger partial charge is 0.325 e. The first-order chi connectivity index (χ1) is 8.49. The number of carbonyl (C=O) groups excluding carboxylic acids is 1. The summed E-state index contributed by atoms with van der Waals surface area (Å²) in [6.07, 6.45) is 1.22. The van der Waals surface area contributed by atoms with Crippen LogP contribution in [0, 0.1) is 13.8 Å². The first-order valence-corrected chi connectivity index (χ1v) is 6.28. The van der Waals surface area contributed by atoms with Gasteiger partial charge in [0.25, 0.3) is 0 Å². The van der Waals surface area contributed by atoms with Gasteiger partial charge in [0.1, 0.15) is 0 Å². The summed E-state index contributed by atoms with van der Waals surface area (Å²) in [5.74, 6) is 0.0769. The number of aromatic nitrogens is 2. The van der Waals surface area contributed by atoms with Gasteiger partial charge in [0, 0.05) is 43.5 Å². The van der Waals surface area contributed by atoms with Crippen LogP contribution in [0.3, 0.4) is 0 Å². The SMILES string of the molecule is Cc1[nH]c(=O)n(CCC(=O)N2CCC(N)C2)c1C. The summed E-state index contributed by atoms with van der Waals surface area (Å²) < 4.78 is 1.61. The largest absolute Gasteiger partial charge is 0.341 e. The van der Waals surface area contributed by atoms with Crippen LogP contribution in [0.25, 0.3) is 0 Å². The normalized spacial score (nSPS) is 19.5. The lowest BCUT2D eigenvalue weighted by Crippen LogP contribution is -2.33. The minimum atomic E-state index is -0.143. The van der Waals surface area contributed by atoms with E-state index in [1.165, 1.54) is 0 Å². The summed E-state index contributed by atoms with van der Waals surface area (Å²) in [6.45, 7) is 5.54. The van der Waals surface area contributed by atoms with Gasteiger partial charge in [0.05, 0.1) is 0 Å². The van der Waals surface area contributed by atoms with Crippen LogP contribution < -0.4 is 11.4 Å². The molecule has 1 aromatic heterocycles. The second-order valence-corrected chi connectivity index (χ2v) is 4.93. The van der Waals surface area contributed by atoms with E-state index in [1.807, 2.05) is 13.8 Å². The molecule has 18 heavy (non-hydrogen) atoms. The number of nitrogens with one attached hydrogen (secondary N) is 1. The Morgan fingerprint density at radius 2 is 2.22 bits per heavy atom. The predicted octanol–water partition coefficient (Wildman–Crippen LogP) is -0.257. The average Bonchev–Trinajstić information content (AvgIpc) is 2.83. The van der Waals surface area contributed by atoms with Gasteiger partial charge in [-0.2, -0.15) is 0 Å². The molecule has 1 aromatic rings. The molecule has 0 saturated carbocycles. The number of aryl methyl sites for hydroxylation is 1. The Morgan fingerprint density at radius 1 is 1.50 bits per heavy atom. The quantitative estimate of drug-likeness (QED) is 0.777. The highest BCUT2D eigenvalue weighted by Crippen LogP contribution is 2.09. The number of hydrogen-bond donors (Lipinski definition) is 2. The topological polar surface area (TPSA) is 84.1 Å². The Balaban J connectivity index is 1.95. The molecule has 1 saturated heterocycles. The van der Waals surface area contributed by atoms with Crippen molar-refractivity contribution in [2.45, 2.75) is 39.3 Å². The molecule has 100 valence electrons. The summed E-state index contributed by atoms with van der Waals surface area (Å²) in [5, 5.41) is 0. The molecule has 2 rings (SSSR count). The van der Waals surface area contributed by atoms with Crippen LogP contribution in [0.1, 0.15) is 24.2 Å². The number of rotatable bonds is 3. The molecule has 0 spiro atoms. The van der Waals surface area contributed by atoms with E-state index in [0.717, 1.165) is 24.4 Å². The van der Waals surface area contributed by atoms with Gasteiger partial charge in [-0.15, -0.1) is 0 Å². The zero-order valence-electron chi connectivity index (χ0n) is 10.9. The number of carbonyl (C=O) groups is 1. The number of nitrogens with two attached hydrogens (primary N) is 1. The Kier molecular flexibility index (Phi) is 3.56. The maximum absolute atomic E-state index is 11.9. The lowest BCUT2D eigenvalue weighted by Gasteiger charge is -2.15. The van der Waals surface area contributed by atoms with Gasteiger partial charge in [-0.25, -0.2) is 4.79 Å². The molecule has 0 bridgehead atoms. The van der Waals surface area contributed by atoms with E-state index in [4.69, 9.17) is 5.73 Å². The van der Waals surface area contributed by atoms with Crippen LogP contribution in [0.15, 0.2) is 4.79 Å². The minimum absolute atomic E-state index is 0.0769. The summed E-state index contributed by atoms with van der Waals surface area (Å²) in [5.41, 5.74) is 7.38. The van der Waals surface area contributed by atoms with Crippen molar-refractivity contribution >= 4 is 5.91 Å². The molecule has 6 heteroatoms. The molecule has 1 atom stereocenters. The Labute approximate surface area is 106 Å². The Bertz CT molecular complexity index is 503. The molecule has 1 fully saturated rings. The number of aromatic amines is 1. The minimum Gasteiger partial charge on any atom is -0.341 e. The van der Waals surface area contributed by atoms with Crippen molar-refractivity contribution in [1.82, 2.24) is 14.5 Å². The number of likely N-dealkylation sites (tertiary alicyclic amines) is 1. The first kappa shape index (κ1) is 12.9. The van der Waals surface area contributed by atoms with Crippen LogP contribution in [0.5, 0.6) is 0 Å². The second kappa shape index (κ2) is 4.97. The van der Waals surface area contributed by atoms with Gasteiger partial charge in [-0.05, 0) is 20.3 Å². The molecule has 0 aliphatic carbocycles. The van der Waals surface area contributed by atoms with Crippen LogP contribution in [-0.2, 0) is 11.3 Å². The number of nitrogens with zero attached hydrogens (tertiary/aromatic N) is 2. The van der Waals surface area contributed by atoms with Crippen molar-refractivity contribution in [3.05, 3.63) is 21.9 Å². The summed E-state index contributed by atoms with van der Waals surface area (Å²) in [6, 6.07) is 0.105. The highest BCUT2D eigenvalue weighted by molar-refractivity contribution is 5.76. The van der Waals surface area contributed by atoms with Gasteiger partial charge in [-0.3, -0.25) is 9.36 Å². The van der Waals surface area contributed by atoms with Crippen molar-refractivity contribution in [3.63, 3.8) is 0 Å². The van der Waals surface area contributed by atoms with E-state index >= 15 is 0 Å². The number of H-pyrrole nitrogens is 1. The third-order valence-electron chi connectivity index (χ3n) is 3.61. The fraction of sp³-hybridized carbons (Fsp3) is 0.667. The van der Waals surface area contributed by atoms with E-state index in [9.17, 15) is 9.59 Å². The molecule has 2 heterocycles. The average molecular weight is 252 g/mol. The van der Waals surface area contributed by atoms with Gasteiger partial charge in [0.2, 0.25) is 5.91 Å². The third kappa shape index (κ3) is 2.48. The van der Waals surface area contributed by atoms with Gasteiger partial charge in [0.15, 0.2) is 0 Å². The molecular formula is C12H20N4O2. The van der Waals surface area contributed by atoms with Gasteiger partial charge < -0.3 is 15.6 Å². The molecular weight excluding hydrogens is 232 g/mol. The Hall–Kier alpha value is -1.56. The highest BCUT2D eigenvalue weighted by Gasteiger charge is 2.23. The summed E-state index contributed by atoms with van der Waals surface area (Å²) in [7, 11) is 0. The number of amides is 1. The molecule has 1 aliphatic rings. The molecule has 0 aromatic carbocycles. The van der Waals surface area contributed by atoms with E-state index in [1.54, 1.807) is 9.47 Å². The van der Waals surface area contributed by atoms with Gasteiger partial charge >= 0.3 is 5.69 Å². The van der Waals surface area contributed by atoms with Crippen molar-refractivity contribution in [1.29, 1.82) is 0 Å². The fourth-order valence-electron chi connectivity index (χ4n) is 2.32. The summed E-state index contributed by atoms with van der Waals surface area (Å²) >= 11 is 0.